The Morgan fingerprint density at radius 3 is 2.36 bits per heavy atom. The van der Waals surface area contributed by atoms with Crippen molar-refractivity contribution in [3.63, 3.8) is 0 Å². The monoisotopic (exact) mass is 949 g/mol. The second kappa shape index (κ2) is 22.4. The van der Waals surface area contributed by atoms with Crippen LogP contribution in [0.4, 0.5) is 5.82 Å². The molecule has 2 amide bonds. The summed E-state index contributed by atoms with van der Waals surface area (Å²) in [5.41, 5.74) is 4.95. The normalized spacial score (nSPS) is 21.3. The number of phosphoric acid groups is 3. The number of aromatic nitrogens is 4. The molecule has 11 N–H and O–H groups in total. The first-order chi connectivity index (χ1) is 28.2. The summed E-state index contributed by atoms with van der Waals surface area (Å²) in [6, 6.07) is 0. The fraction of sp³-hybridized carbons (Fsp3) is 0.645. The smallest absolute Gasteiger partial charge is 0.481 e. The zero-order valence-electron chi connectivity index (χ0n) is 33.0. The van der Waals surface area contributed by atoms with E-state index in [1.807, 2.05) is 0 Å². The van der Waals surface area contributed by atoms with Gasteiger partial charge in [-0.25, -0.2) is 28.6 Å². The van der Waals surface area contributed by atoms with Gasteiger partial charge in [0.1, 0.15) is 36.3 Å². The Morgan fingerprint density at radius 2 is 1.72 bits per heavy atom. The van der Waals surface area contributed by atoms with E-state index in [0.29, 0.717) is 12.8 Å². The molecule has 61 heavy (non-hydrogen) atoms. The van der Waals surface area contributed by atoms with Crippen LogP contribution in [0.25, 0.3) is 11.2 Å². The lowest BCUT2D eigenvalue weighted by Gasteiger charge is -2.30. The van der Waals surface area contributed by atoms with Crippen molar-refractivity contribution in [2.24, 2.45) is 11.3 Å². The number of anilines is 1. The molecule has 0 aromatic carbocycles. The van der Waals surface area contributed by atoms with Crippen molar-refractivity contribution in [2.45, 2.75) is 83.5 Å². The van der Waals surface area contributed by atoms with Crippen LogP contribution in [-0.4, -0.2) is 134 Å². The highest BCUT2D eigenvalue weighted by atomic mass is 32.2. The van der Waals surface area contributed by atoms with Crippen LogP contribution < -0.4 is 16.4 Å². The van der Waals surface area contributed by atoms with Gasteiger partial charge in [0.15, 0.2) is 22.8 Å². The lowest BCUT2D eigenvalue weighted by Crippen LogP contribution is -2.46. The molecule has 26 nitrogen and oxygen atoms in total. The first-order valence-electron chi connectivity index (χ1n) is 18.1. The maximum absolute atomic E-state index is 12.7. The Morgan fingerprint density at radius 1 is 1.05 bits per heavy atom. The van der Waals surface area contributed by atoms with Crippen LogP contribution in [-0.2, 0) is 55.5 Å². The molecule has 3 heterocycles. The predicted molar refractivity (Wildman–Crippen MR) is 212 cm³/mol. The third kappa shape index (κ3) is 16.8. The molecule has 2 aromatic rings. The number of aliphatic hydroxyl groups excluding tert-OH is 2. The molecule has 0 radical (unpaired) electrons. The van der Waals surface area contributed by atoms with Crippen molar-refractivity contribution in [3.8, 4) is 0 Å². The lowest BCUT2D eigenvalue weighted by atomic mass is 9.87. The topological polar surface area (TPSA) is 401 Å². The van der Waals surface area contributed by atoms with Crippen LogP contribution in [0.15, 0.2) is 24.8 Å². The number of phosphoric ester groups is 3. The van der Waals surface area contributed by atoms with Crippen LogP contribution in [0.5, 0.6) is 0 Å². The van der Waals surface area contributed by atoms with Gasteiger partial charge < -0.3 is 56.0 Å². The highest BCUT2D eigenvalue weighted by Gasteiger charge is 2.50. The zero-order valence-corrected chi connectivity index (χ0v) is 36.5. The first-order valence-corrected chi connectivity index (χ1v) is 23.6. The summed E-state index contributed by atoms with van der Waals surface area (Å²) in [7, 11) is -16.5. The van der Waals surface area contributed by atoms with Gasteiger partial charge in [0.2, 0.25) is 11.8 Å². The molecule has 344 valence electrons. The van der Waals surface area contributed by atoms with E-state index in [1.54, 1.807) is 6.92 Å². The number of carboxylic acids is 1. The molecule has 0 spiro atoms. The maximum Gasteiger partial charge on any atom is 0.481 e. The van der Waals surface area contributed by atoms with Gasteiger partial charge in [-0.2, -0.15) is 4.31 Å². The van der Waals surface area contributed by atoms with Crippen molar-refractivity contribution < 1.29 is 90.4 Å². The van der Waals surface area contributed by atoms with Crippen LogP contribution in [0.1, 0.15) is 59.1 Å². The van der Waals surface area contributed by atoms with E-state index in [0.717, 1.165) is 34.6 Å². The van der Waals surface area contributed by atoms with E-state index in [1.165, 1.54) is 13.8 Å². The minimum Gasteiger partial charge on any atom is -0.481 e. The van der Waals surface area contributed by atoms with Gasteiger partial charge in [-0.15, -0.1) is 0 Å². The number of nitrogens with one attached hydrogen (secondary N) is 2. The number of carboxylic acid groups (broad SMARTS) is 1. The SMILES string of the molecule is C=C(C)C(CCCC(=O)SCCNC(=O)CCNC(=O)C(O)C(C)(C)COP(=O)(O)OP(=O)(O)OC[C@H]1O[C@@H](n2cnc3c(N)ncnc32)[C@H](O)[C@@H]1OP(=O)(O)O)CC(=O)O. The Hall–Kier alpha value is -3.23. The third-order valence-corrected chi connectivity index (χ3v) is 12.9. The summed E-state index contributed by atoms with van der Waals surface area (Å²) in [4.78, 5) is 98.9. The summed E-state index contributed by atoms with van der Waals surface area (Å²) < 4.78 is 62.2. The molecule has 8 atom stereocenters. The number of rotatable bonds is 26. The van der Waals surface area contributed by atoms with Crippen LogP contribution in [0, 0.1) is 11.3 Å². The summed E-state index contributed by atoms with van der Waals surface area (Å²) in [6.45, 7) is 5.84. The Balaban J connectivity index is 1.42. The van der Waals surface area contributed by atoms with Crippen molar-refractivity contribution in [1.82, 2.24) is 30.2 Å². The van der Waals surface area contributed by atoms with E-state index in [9.17, 15) is 62.7 Å². The largest absolute Gasteiger partial charge is 0.481 e. The van der Waals surface area contributed by atoms with Crippen molar-refractivity contribution in [2.75, 3.05) is 37.8 Å². The molecule has 0 aliphatic carbocycles. The van der Waals surface area contributed by atoms with Crippen molar-refractivity contribution in [1.29, 1.82) is 0 Å². The fourth-order valence-electron chi connectivity index (χ4n) is 5.59. The standard InChI is InChI=1S/C31H50N7O19P3S/c1-17(2)18(12-21(40)41)6-5-7-22(42)61-11-10-33-20(39)8-9-34-29(45)26(44)31(3,4)14-54-60(51,52)57-59(49,50)53-13-19-25(56-58(46,47)48)24(43)30(55-19)38-16-37-23-27(32)35-15-36-28(23)38/h15-16,18-19,24-26,30,43-44H,1,5-14H2,2-4H3,(H,33,39)(H,34,45)(H,40,41)(H,49,50)(H,51,52)(H2,32,35,36)(H2,46,47,48)/t18?,19-,24-,25-,26?,30-/m1/s1. The molecule has 3 rings (SSSR count). The second-order valence-corrected chi connectivity index (χ2v) is 19.7. The number of nitrogens with two attached hydrogens (primary N) is 1. The predicted octanol–water partition coefficient (Wildman–Crippen LogP) is 0.502. The highest BCUT2D eigenvalue weighted by molar-refractivity contribution is 8.13. The van der Waals surface area contributed by atoms with Gasteiger partial charge in [0, 0.05) is 37.1 Å². The Bertz CT molecular complexity index is 2040. The lowest BCUT2D eigenvalue weighted by molar-refractivity contribution is -0.138. The van der Waals surface area contributed by atoms with E-state index in [-0.39, 0.29) is 66.1 Å². The second-order valence-electron chi connectivity index (χ2n) is 14.3. The number of nitrogen functional groups attached to an aromatic ring is 1. The number of hydrogen-bond donors (Lipinski definition) is 10. The third-order valence-electron chi connectivity index (χ3n) is 8.82. The number of allylic oxidation sites excluding steroid dienone is 1. The summed E-state index contributed by atoms with van der Waals surface area (Å²) >= 11 is 1.01. The number of carbonyl (C=O) groups is 4. The minimum atomic E-state index is -5.59. The molecule has 30 heteroatoms. The van der Waals surface area contributed by atoms with Gasteiger partial charge in [-0.05, 0) is 25.7 Å². The number of amides is 2. The number of hydrogen-bond acceptors (Lipinski definition) is 19. The van der Waals surface area contributed by atoms with Gasteiger partial charge in [0.05, 0.1) is 26.0 Å². The number of ether oxygens (including phenoxy) is 1. The number of thioether (sulfide) groups is 1. The summed E-state index contributed by atoms with van der Waals surface area (Å²) in [5, 5.41) is 35.3. The van der Waals surface area contributed by atoms with Crippen LogP contribution in [0.2, 0.25) is 0 Å². The molecule has 0 bridgehead atoms. The van der Waals surface area contributed by atoms with Gasteiger partial charge in [-0.1, -0.05) is 37.8 Å². The number of aliphatic hydroxyl groups is 2. The average Bonchev–Trinajstić information content (AvgIpc) is 3.70. The van der Waals surface area contributed by atoms with Gasteiger partial charge >= 0.3 is 29.4 Å². The highest BCUT2D eigenvalue weighted by Crippen LogP contribution is 2.61. The van der Waals surface area contributed by atoms with E-state index < -0.39 is 90.5 Å². The maximum atomic E-state index is 12.7. The molecule has 1 aliphatic heterocycles. The molecular weight excluding hydrogens is 899 g/mol. The Kier molecular flexibility index (Phi) is 19.1. The number of carbonyl (C=O) groups excluding carboxylic acids is 3. The molecular formula is C31H50N7O19P3S. The van der Waals surface area contributed by atoms with Crippen LogP contribution in [0.3, 0.4) is 0 Å². The average molecular weight is 950 g/mol. The minimum absolute atomic E-state index is 0.0210. The van der Waals surface area contributed by atoms with Gasteiger partial charge in [0.25, 0.3) is 0 Å². The molecule has 0 saturated carbocycles. The van der Waals surface area contributed by atoms with Crippen LogP contribution >= 0.6 is 35.2 Å². The number of nitrogens with zero attached hydrogens (tertiary/aromatic N) is 4. The van der Waals surface area contributed by atoms with E-state index >= 15 is 0 Å². The summed E-state index contributed by atoms with van der Waals surface area (Å²) in [5.74, 6) is -2.44. The quantitative estimate of drug-likeness (QED) is 0.0349. The Labute approximate surface area is 352 Å². The molecule has 2 aromatic heterocycles. The van der Waals surface area contributed by atoms with Crippen molar-refractivity contribution >= 4 is 75.1 Å². The summed E-state index contributed by atoms with van der Waals surface area (Å²) in [6.07, 6.45) is -5.90. The number of fused-ring (bicyclic) bond motifs is 1. The number of aliphatic carboxylic acids is 1. The van der Waals surface area contributed by atoms with Crippen molar-refractivity contribution in [3.05, 3.63) is 24.8 Å². The number of imidazole rings is 1. The molecule has 1 fully saturated rings. The zero-order chi connectivity index (χ0) is 45.9. The fourth-order valence-corrected chi connectivity index (χ4v) is 9.14. The van der Waals surface area contributed by atoms with E-state index in [4.69, 9.17) is 24.6 Å². The van der Waals surface area contributed by atoms with Gasteiger partial charge in [-0.3, -0.25) is 37.3 Å². The molecule has 1 saturated heterocycles. The van der Waals surface area contributed by atoms with E-state index in [2.05, 4.69) is 41.0 Å². The molecule has 1 aliphatic rings. The molecule has 4 unspecified atom stereocenters. The first kappa shape index (κ1) is 52.1.